The van der Waals surface area contributed by atoms with Gasteiger partial charge in [-0.25, -0.2) is 0 Å². The van der Waals surface area contributed by atoms with E-state index in [0.29, 0.717) is 0 Å². The molecule has 0 aliphatic heterocycles. The van der Waals surface area contributed by atoms with Crippen molar-refractivity contribution in [1.82, 2.24) is 0 Å². The van der Waals surface area contributed by atoms with Crippen LogP contribution in [0.25, 0.3) is 0 Å². The lowest BCUT2D eigenvalue weighted by Gasteiger charge is -2.25. The first-order valence-corrected chi connectivity index (χ1v) is 7.52. The van der Waals surface area contributed by atoms with Gasteiger partial charge in [0.15, 0.2) is 5.92 Å². The zero-order valence-corrected chi connectivity index (χ0v) is 14.9. The summed E-state index contributed by atoms with van der Waals surface area (Å²) in [5.41, 5.74) is 2.95. The van der Waals surface area contributed by atoms with Gasteiger partial charge in [0.1, 0.15) is 5.75 Å². The van der Waals surface area contributed by atoms with Crippen molar-refractivity contribution >= 4 is 11.9 Å². The molecule has 0 heterocycles. The summed E-state index contributed by atoms with van der Waals surface area (Å²) in [5, 5.41) is 10.4. The molecule has 0 saturated carbocycles. The molecule has 5 nitrogen and oxygen atoms in total. The van der Waals surface area contributed by atoms with Gasteiger partial charge >= 0.3 is 11.9 Å². The topological polar surface area (TPSA) is 72.8 Å². The summed E-state index contributed by atoms with van der Waals surface area (Å²) in [5.74, 6) is -2.01. The second kappa shape index (κ2) is 7.02. The molecule has 0 fully saturated rings. The number of carbonyl (C=O) groups is 2. The molecule has 23 heavy (non-hydrogen) atoms. The number of carbonyl (C=O) groups excluding carboxylic acids is 2. The number of esters is 2. The van der Waals surface area contributed by atoms with Gasteiger partial charge < -0.3 is 14.6 Å². The van der Waals surface area contributed by atoms with Crippen LogP contribution in [-0.2, 0) is 30.9 Å². The number of benzene rings is 1. The fourth-order valence-corrected chi connectivity index (χ4v) is 2.52. The third-order valence-corrected chi connectivity index (χ3v) is 4.18. The van der Waals surface area contributed by atoms with Crippen LogP contribution in [0.15, 0.2) is 6.07 Å². The monoisotopic (exact) mass is 322 g/mol. The third kappa shape index (κ3) is 4.03. The summed E-state index contributed by atoms with van der Waals surface area (Å²) in [4.78, 5) is 23.8. The lowest BCUT2D eigenvalue weighted by Crippen LogP contribution is -2.29. The highest BCUT2D eigenvalue weighted by molar-refractivity contribution is 5.95. The average Bonchev–Trinajstić information content (AvgIpc) is 2.49. The van der Waals surface area contributed by atoms with Crippen LogP contribution >= 0.6 is 0 Å². The maximum absolute atomic E-state index is 11.9. The van der Waals surface area contributed by atoms with E-state index < -0.39 is 17.9 Å². The standard InChI is InChI=1S/C18H26O5/c1-10-11(2)15(19)14(18(3,4)5)9-12(10)8-13(16(20)22-6)17(21)23-7/h9,13,19H,8H2,1-7H3. The number of hydrogen-bond acceptors (Lipinski definition) is 5. The molecule has 1 aromatic carbocycles. The van der Waals surface area contributed by atoms with Gasteiger partial charge in [-0.1, -0.05) is 26.8 Å². The van der Waals surface area contributed by atoms with Gasteiger partial charge in [-0.15, -0.1) is 0 Å². The van der Waals surface area contributed by atoms with Gasteiger partial charge in [-0.2, -0.15) is 0 Å². The van der Waals surface area contributed by atoms with E-state index in [1.807, 2.05) is 40.7 Å². The molecule has 0 saturated heterocycles. The van der Waals surface area contributed by atoms with Crippen LogP contribution in [0, 0.1) is 19.8 Å². The van der Waals surface area contributed by atoms with Crippen molar-refractivity contribution in [2.24, 2.45) is 5.92 Å². The minimum atomic E-state index is -1.01. The van der Waals surface area contributed by atoms with E-state index >= 15 is 0 Å². The molecule has 1 rings (SSSR count). The Morgan fingerprint density at radius 3 is 1.96 bits per heavy atom. The number of ether oxygens (including phenoxy) is 2. The minimum absolute atomic E-state index is 0.176. The van der Waals surface area contributed by atoms with Crippen molar-refractivity contribution in [2.75, 3.05) is 14.2 Å². The SMILES string of the molecule is COC(=O)C(Cc1cc(C(C)(C)C)c(O)c(C)c1C)C(=O)OC. The zero-order chi connectivity index (χ0) is 17.9. The lowest BCUT2D eigenvalue weighted by atomic mass is 9.81. The third-order valence-electron chi connectivity index (χ3n) is 4.18. The first-order valence-electron chi connectivity index (χ1n) is 7.52. The van der Waals surface area contributed by atoms with Crippen LogP contribution < -0.4 is 0 Å². The fraction of sp³-hybridized carbons (Fsp3) is 0.556. The smallest absolute Gasteiger partial charge is 0.320 e. The molecule has 0 bridgehead atoms. The molecule has 0 amide bonds. The van der Waals surface area contributed by atoms with E-state index in [9.17, 15) is 14.7 Å². The van der Waals surface area contributed by atoms with Crippen molar-refractivity contribution in [1.29, 1.82) is 0 Å². The molecule has 5 heteroatoms. The molecule has 1 N–H and O–H groups in total. The summed E-state index contributed by atoms with van der Waals surface area (Å²) < 4.78 is 9.42. The molecule has 0 aliphatic carbocycles. The Morgan fingerprint density at radius 2 is 1.57 bits per heavy atom. The number of methoxy groups -OCH3 is 2. The van der Waals surface area contributed by atoms with E-state index in [1.165, 1.54) is 14.2 Å². The Balaban J connectivity index is 3.39. The summed E-state index contributed by atoms with van der Waals surface area (Å²) in [7, 11) is 2.49. The molecule has 0 spiro atoms. The quantitative estimate of drug-likeness (QED) is 0.681. The van der Waals surface area contributed by atoms with E-state index in [1.54, 1.807) is 0 Å². The molecule has 0 aliphatic rings. The van der Waals surface area contributed by atoms with Gasteiger partial charge in [0.2, 0.25) is 0 Å². The molecule has 0 unspecified atom stereocenters. The molecule has 128 valence electrons. The number of phenolic OH excluding ortho intramolecular Hbond substituents is 1. The van der Waals surface area contributed by atoms with Crippen molar-refractivity contribution in [3.63, 3.8) is 0 Å². The van der Waals surface area contributed by atoms with Gasteiger partial charge in [0, 0.05) is 0 Å². The maximum Gasteiger partial charge on any atom is 0.320 e. The van der Waals surface area contributed by atoms with Crippen LogP contribution in [0.5, 0.6) is 5.75 Å². The van der Waals surface area contributed by atoms with Gasteiger partial charge in [0.25, 0.3) is 0 Å². The largest absolute Gasteiger partial charge is 0.507 e. The Morgan fingerprint density at radius 1 is 1.09 bits per heavy atom. The fourth-order valence-electron chi connectivity index (χ4n) is 2.52. The van der Waals surface area contributed by atoms with Crippen LogP contribution in [-0.4, -0.2) is 31.3 Å². The highest BCUT2D eigenvalue weighted by Crippen LogP contribution is 2.37. The first-order chi connectivity index (χ1) is 10.5. The van der Waals surface area contributed by atoms with Crippen LogP contribution in [0.2, 0.25) is 0 Å². The lowest BCUT2D eigenvalue weighted by molar-refractivity contribution is -0.158. The highest BCUT2D eigenvalue weighted by atomic mass is 16.5. The molecule has 0 aromatic heterocycles. The van der Waals surface area contributed by atoms with Crippen molar-refractivity contribution in [3.05, 3.63) is 28.3 Å². The first kappa shape index (κ1) is 19.0. The van der Waals surface area contributed by atoms with Crippen LogP contribution in [0.1, 0.15) is 43.0 Å². The minimum Gasteiger partial charge on any atom is -0.507 e. The number of aromatic hydroxyl groups is 1. The van der Waals surface area contributed by atoms with E-state index in [4.69, 9.17) is 9.47 Å². The normalized spacial score (nSPS) is 11.5. The number of hydrogen-bond donors (Lipinski definition) is 1. The van der Waals surface area contributed by atoms with E-state index in [2.05, 4.69) is 0 Å². The van der Waals surface area contributed by atoms with Crippen molar-refractivity contribution in [3.8, 4) is 5.75 Å². The summed E-state index contributed by atoms with van der Waals surface area (Å²) in [6.45, 7) is 9.69. The van der Waals surface area contributed by atoms with Gasteiger partial charge in [0.05, 0.1) is 14.2 Å². The predicted octanol–water partition coefficient (Wildman–Crippen LogP) is 2.81. The van der Waals surface area contributed by atoms with Crippen LogP contribution in [0.3, 0.4) is 0 Å². The van der Waals surface area contributed by atoms with Crippen molar-refractivity contribution < 1.29 is 24.2 Å². The summed E-state index contributed by atoms with van der Waals surface area (Å²) in [6, 6.07) is 1.86. The Kier molecular flexibility index (Phi) is 5.81. The average molecular weight is 322 g/mol. The Hall–Kier alpha value is -2.04. The maximum atomic E-state index is 11.9. The van der Waals surface area contributed by atoms with Gasteiger partial charge in [-0.3, -0.25) is 9.59 Å². The van der Waals surface area contributed by atoms with Crippen LogP contribution in [0.4, 0.5) is 0 Å². The molecule has 0 radical (unpaired) electrons. The highest BCUT2D eigenvalue weighted by Gasteiger charge is 2.31. The predicted molar refractivity (Wildman–Crippen MR) is 87.5 cm³/mol. The Bertz CT molecular complexity index is 595. The van der Waals surface area contributed by atoms with E-state index in [-0.39, 0.29) is 17.6 Å². The molecule has 0 atom stereocenters. The number of phenols is 1. The van der Waals surface area contributed by atoms with Crippen molar-refractivity contribution in [2.45, 2.75) is 46.5 Å². The van der Waals surface area contributed by atoms with Gasteiger partial charge in [-0.05, 0) is 47.9 Å². The summed E-state index contributed by atoms with van der Waals surface area (Å²) in [6.07, 6.45) is 0.176. The zero-order valence-electron chi connectivity index (χ0n) is 14.9. The molecule has 1 aromatic rings. The molecular weight excluding hydrogens is 296 g/mol. The van der Waals surface area contributed by atoms with E-state index in [0.717, 1.165) is 22.3 Å². The number of rotatable bonds is 4. The summed E-state index contributed by atoms with van der Waals surface area (Å²) >= 11 is 0. The second-order valence-corrected chi connectivity index (χ2v) is 6.73. The Labute approximate surface area is 137 Å². The molecular formula is C18H26O5. The second-order valence-electron chi connectivity index (χ2n) is 6.73.